The van der Waals surface area contributed by atoms with Crippen LogP contribution in [0.25, 0.3) is 10.9 Å². The molecule has 0 saturated heterocycles. The summed E-state index contributed by atoms with van der Waals surface area (Å²) < 4.78 is 14.5. The van der Waals surface area contributed by atoms with Gasteiger partial charge in [-0.25, -0.2) is 4.79 Å². The van der Waals surface area contributed by atoms with Crippen LogP contribution in [0.15, 0.2) is 52.1 Å². The molecule has 8 nitrogen and oxygen atoms in total. The number of anilines is 1. The van der Waals surface area contributed by atoms with E-state index in [0.29, 0.717) is 42.3 Å². The second kappa shape index (κ2) is 13.2. The lowest BCUT2D eigenvalue weighted by Gasteiger charge is -2.26. The third kappa shape index (κ3) is 6.43. The van der Waals surface area contributed by atoms with Gasteiger partial charge in [-0.2, -0.15) is 0 Å². The van der Waals surface area contributed by atoms with Crippen molar-refractivity contribution in [1.82, 2.24) is 9.13 Å². The molecule has 0 unspecified atom stereocenters. The van der Waals surface area contributed by atoms with Gasteiger partial charge in [0, 0.05) is 36.8 Å². The number of carbonyl (C=O) groups excluding carboxylic acids is 1. The molecular weight excluding hydrogens is 506 g/mol. The minimum absolute atomic E-state index is 0.0267. The van der Waals surface area contributed by atoms with Gasteiger partial charge in [0.25, 0.3) is 5.56 Å². The summed E-state index contributed by atoms with van der Waals surface area (Å²) in [5.74, 6) is 0.160. The van der Waals surface area contributed by atoms with Crippen LogP contribution in [0.1, 0.15) is 89.2 Å². The summed E-state index contributed by atoms with van der Waals surface area (Å²) in [5.41, 5.74) is 1.84. The van der Waals surface area contributed by atoms with Crippen molar-refractivity contribution in [3.05, 3.63) is 68.9 Å². The molecule has 0 aliphatic heterocycles. The number of nitrogens with one attached hydrogen (secondary N) is 1. The number of hydrogen-bond acceptors (Lipinski definition) is 6. The monoisotopic (exact) mass is 547 g/mol. The molecule has 0 atom stereocenters. The van der Waals surface area contributed by atoms with Crippen LogP contribution in [0.5, 0.6) is 5.75 Å². The Morgan fingerprint density at radius 3 is 2.42 bits per heavy atom. The van der Waals surface area contributed by atoms with E-state index in [1.807, 2.05) is 47.0 Å². The zero-order chi connectivity index (χ0) is 27.9. The Bertz CT molecular complexity index is 1420. The lowest BCUT2D eigenvalue weighted by molar-refractivity contribution is -0.143. The van der Waals surface area contributed by atoms with Crippen LogP contribution in [0.3, 0.4) is 0 Å². The van der Waals surface area contributed by atoms with E-state index in [-0.39, 0.29) is 36.2 Å². The van der Waals surface area contributed by atoms with Crippen LogP contribution in [-0.2, 0) is 22.7 Å². The molecule has 2 aliphatic carbocycles. The van der Waals surface area contributed by atoms with Gasteiger partial charge in [0.15, 0.2) is 0 Å². The molecule has 8 heteroatoms. The molecule has 0 radical (unpaired) electrons. The van der Waals surface area contributed by atoms with Gasteiger partial charge in [-0.15, -0.1) is 0 Å². The van der Waals surface area contributed by atoms with Gasteiger partial charge in [-0.05, 0) is 50.7 Å². The fourth-order valence-corrected chi connectivity index (χ4v) is 6.20. The molecule has 1 heterocycles. The smallest absolute Gasteiger partial charge is 0.331 e. The van der Waals surface area contributed by atoms with E-state index in [0.717, 1.165) is 49.8 Å². The largest absolute Gasteiger partial charge is 0.488 e. The van der Waals surface area contributed by atoms with Crippen LogP contribution in [0.4, 0.5) is 5.69 Å². The van der Waals surface area contributed by atoms with E-state index in [1.54, 1.807) is 6.92 Å². The highest BCUT2D eigenvalue weighted by molar-refractivity contribution is 5.88. The van der Waals surface area contributed by atoms with Crippen molar-refractivity contribution in [3.8, 4) is 5.75 Å². The normalized spacial score (nSPS) is 16.3. The first-order valence-corrected chi connectivity index (χ1v) is 15.0. The number of benzene rings is 2. The predicted molar refractivity (Wildman–Crippen MR) is 157 cm³/mol. The van der Waals surface area contributed by atoms with E-state index in [2.05, 4.69) is 5.32 Å². The van der Waals surface area contributed by atoms with Crippen LogP contribution >= 0.6 is 0 Å². The molecular formula is C32H41N3O5. The van der Waals surface area contributed by atoms with Crippen LogP contribution < -0.4 is 21.3 Å². The summed E-state index contributed by atoms with van der Waals surface area (Å²) in [7, 11) is 0. The molecule has 1 N–H and O–H groups in total. The van der Waals surface area contributed by atoms with Crippen molar-refractivity contribution >= 4 is 22.6 Å². The number of ether oxygens (including phenoxy) is 2. The highest BCUT2D eigenvalue weighted by Gasteiger charge is 2.26. The van der Waals surface area contributed by atoms with Gasteiger partial charge < -0.3 is 14.8 Å². The van der Waals surface area contributed by atoms with Crippen LogP contribution in [0.2, 0.25) is 0 Å². The Morgan fingerprint density at radius 1 is 0.975 bits per heavy atom. The Kier molecular flexibility index (Phi) is 9.24. The number of rotatable bonds is 11. The molecule has 2 saturated carbocycles. The lowest BCUT2D eigenvalue weighted by Crippen LogP contribution is -2.41. The third-order valence-electron chi connectivity index (χ3n) is 8.21. The van der Waals surface area contributed by atoms with Crippen molar-refractivity contribution in [2.45, 2.75) is 103 Å². The first kappa shape index (κ1) is 28.0. The highest BCUT2D eigenvalue weighted by atomic mass is 16.5. The van der Waals surface area contributed by atoms with Crippen LogP contribution in [-0.4, -0.2) is 27.8 Å². The summed E-state index contributed by atoms with van der Waals surface area (Å²) >= 11 is 0. The molecule has 0 amide bonds. The van der Waals surface area contributed by atoms with E-state index < -0.39 is 0 Å². The molecule has 0 spiro atoms. The maximum Gasteiger partial charge on any atom is 0.331 e. The number of fused-ring (bicyclic) bond motifs is 1. The van der Waals surface area contributed by atoms with Gasteiger partial charge in [0.1, 0.15) is 17.7 Å². The van der Waals surface area contributed by atoms with Gasteiger partial charge in [-0.1, -0.05) is 62.4 Å². The molecule has 2 aliphatic rings. The average Bonchev–Trinajstić information content (AvgIpc) is 3.49. The average molecular weight is 548 g/mol. The summed E-state index contributed by atoms with van der Waals surface area (Å²) in [6.07, 6.45) is 10.3. The Labute approximate surface area is 235 Å². The summed E-state index contributed by atoms with van der Waals surface area (Å²) in [6.45, 7) is 2.54. The van der Waals surface area contributed by atoms with E-state index in [4.69, 9.17) is 9.47 Å². The molecule has 2 fully saturated rings. The fraction of sp³-hybridized carbons (Fsp3) is 0.531. The zero-order valence-electron chi connectivity index (χ0n) is 23.5. The topological polar surface area (TPSA) is 91.6 Å². The van der Waals surface area contributed by atoms with Crippen molar-refractivity contribution < 1.29 is 14.3 Å². The third-order valence-corrected chi connectivity index (χ3v) is 8.21. The minimum atomic E-state index is -0.370. The second-order valence-corrected chi connectivity index (χ2v) is 11.1. The summed E-state index contributed by atoms with van der Waals surface area (Å²) in [4.78, 5) is 39.9. The van der Waals surface area contributed by atoms with Crippen LogP contribution in [0, 0.1) is 0 Å². The molecule has 3 aromatic rings. The van der Waals surface area contributed by atoms with E-state index >= 15 is 0 Å². The fourth-order valence-electron chi connectivity index (χ4n) is 6.20. The lowest BCUT2D eigenvalue weighted by atomic mass is 9.95. The number of esters is 1. The molecule has 1 aromatic heterocycles. The number of aromatic nitrogens is 2. The molecule has 214 valence electrons. The number of nitrogens with zero attached hydrogens (tertiary/aromatic N) is 2. The summed E-state index contributed by atoms with van der Waals surface area (Å²) in [6, 6.07) is 14.2. The zero-order valence-corrected chi connectivity index (χ0v) is 23.5. The van der Waals surface area contributed by atoms with Crippen molar-refractivity contribution in [3.63, 3.8) is 0 Å². The Hall–Kier alpha value is -3.55. The predicted octanol–water partition coefficient (Wildman–Crippen LogP) is 5.95. The van der Waals surface area contributed by atoms with E-state index in [9.17, 15) is 14.4 Å². The maximum atomic E-state index is 14.0. The molecule has 5 rings (SSSR count). The van der Waals surface area contributed by atoms with Gasteiger partial charge in [0.2, 0.25) is 0 Å². The van der Waals surface area contributed by atoms with E-state index in [1.165, 1.54) is 23.8 Å². The molecule has 40 heavy (non-hydrogen) atoms. The van der Waals surface area contributed by atoms with Crippen molar-refractivity contribution in [1.29, 1.82) is 0 Å². The maximum absolute atomic E-state index is 14.0. The summed E-state index contributed by atoms with van der Waals surface area (Å²) in [5, 5.41) is 4.11. The Balaban J connectivity index is 1.60. The molecule has 0 bridgehead atoms. The first-order chi connectivity index (χ1) is 19.5. The molecule has 2 aromatic carbocycles. The number of carbonyl (C=O) groups is 1. The van der Waals surface area contributed by atoms with Gasteiger partial charge in [0.05, 0.1) is 12.1 Å². The SMILES string of the molecule is CCOC(=O)CCCn1c(=O)c2c(OCc3ccccc3)cc(NC3CCCCC3)cc2n(C2CCCC2)c1=O. The number of hydrogen-bond donors (Lipinski definition) is 1. The second-order valence-electron chi connectivity index (χ2n) is 11.1. The minimum Gasteiger partial charge on any atom is -0.488 e. The Morgan fingerprint density at radius 2 is 1.70 bits per heavy atom. The van der Waals surface area contributed by atoms with Crippen molar-refractivity contribution in [2.75, 3.05) is 11.9 Å². The van der Waals surface area contributed by atoms with Gasteiger partial charge >= 0.3 is 11.7 Å². The van der Waals surface area contributed by atoms with Gasteiger partial charge in [-0.3, -0.25) is 18.7 Å². The highest BCUT2D eigenvalue weighted by Crippen LogP contribution is 2.35. The quantitative estimate of drug-likeness (QED) is 0.299. The first-order valence-electron chi connectivity index (χ1n) is 15.0. The van der Waals surface area contributed by atoms with Crippen molar-refractivity contribution in [2.24, 2.45) is 0 Å². The standard InChI is InChI=1S/C32H41N3O5/c1-2-39-29(36)18-11-19-34-31(37)30-27(35(32(34)38)26-16-9-10-17-26)20-25(33-24-14-7-4-8-15-24)21-28(30)40-22-23-12-5-3-6-13-23/h3,5-6,12-13,20-21,24,26,33H,2,4,7-11,14-19,22H2,1H3.